The topological polar surface area (TPSA) is 92.1 Å². The first kappa shape index (κ1) is 26.2. The van der Waals surface area contributed by atoms with E-state index in [1.807, 2.05) is 16.8 Å². The van der Waals surface area contributed by atoms with Crippen molar-refractivity contribution in [1.29, 1.82) is 5.26 Å². The van der Waals surface area contributed by atoms with Crippen LogP contribution < -0.4 is 16.0 Å². The molecule has 0 unspecified atom stereocenters. The SMILES string of the molecule is COC1(C)CCN(c2ccc(-n3nc(NC[C@H]4CCC[C@H](N)C4)cc3-c3ccc(C#N)c(F)c3)cc2)CC1. The third-order valence-electron chi connectivity index (χ3n) is 8.26. The zero-order valence-electron chi connectivity index (χ0n) is 22.3. The molecular formula is C30H37FN6O. The van der Waals surface area contributed by atoms with Crippen molar-refractivity contribution < 1.29 is 9.13 Å². The number of nitrogens with zero attached hydrogens (tertiary/aromatic N) is 4. The number of nitrogens with two attached hydrogens (primary N) is 1. The molecular weight excluding hydrogens is 479 g/mol. The Morgan fingerprint density at radius 2 is 1.87 bits per heavy atom. The molecule has 2 fully saturated rings. The molecule has 1 saturated heterocycles. The number of rotatable bonds is 7. The molecule has 0 bridgehead atoms. The molecule has 1 aliphatic heterocycles. The van der Waals surface area contributed by atoms with E-state index in [1.165, 1.54) is 12.1 Å². The van der Waals surface area contributed by atoms with Crippen molar-refractivity contribution in [2.24, 2.45) is 11.7 Å². The molecule has 200 valence electrons. The van der Waals surface area contributed by atoms with Crippen molar-refractivity contribution in [1.82, 2.24) is 9.78 Å². The van der Waals surface area contributed by atoms with Gasteiger partial charge in [-0.2, -0.15) is 5.26 Å². The van der Waals surface area contributed by atoms with E-state index in [1.54, 1.807) is 13.2 Å². The maximum absolute atomic E-state index is 14.5. The first-order chi connectivity index (χ1) is 18.4. The van der Waals surface area contributed by atoms with E-state index in [0.29, 0.717) is 11.5 Å². The van der Waals surface area contributed by atoms with Gasteiger partial charge in [-0.25, -0.2) is 9.07 Å². The fourth-order valence-corrected chi connectivity index (χ4v) is 5.65. The van der Waals surface area contributed by atoms with Gasteiger partial charge in [0.2, 0.25) is 0 Å². The molecule has 0 amide bonds. The van der Waals surface area contributed by atoms with Crippen molar-refractivity contribution in [3.05, 3.63) is 59.9 Å². The van der Waals surface area contributed by atoms with Crippen LogP contribution in [0, 0.1) is 23.1 Å². The van der Waals surface area contributed by atoms with E-state index < -0.39 is 5.82 Å². The molecule has 8 heteroatoms. The number of aromatic nitrogens is 2. The minimum atomic E-state index is -0.535. The lowest BCUT2D eigenvalue weighted by Crippen LogP contribution is -2.43. The van der Waals surface area contributed by atoms with Crippen molar-refractivity contribution in [2.75, 3.05) is 37.0 Å². The van der Waals surface area contributed by atoms with Crippen molar-refractivity contribution >= 4 is 11.5 Å². The number of anilines is 2. The molecule has 2 atom stereocenters. The highest BCUT2D eigenvalue weighted by Crippen LogP contribution is 2.31. The Labute approximate surface area is 224 Å². The van der Waals surface area contributed by atoms with E-state index in [4.69, 9.17) is 20.8 Å². The molecule has 0 radical (unpaired) electrons. The van der Waals surface area contributed by atoms with Gasteiger partial charge in [0.1, 0.15) is 17.7 Å². The molecule has 3 N–H and O–H groups in total. The van der Waals surface area contributed by atoms with Gasteiger partial charge < -0.3 is 20.7 Å². The highest BCUT2D eigenvalue weighted by Gasteiger charge is 2.29. The second-order valence-corrected chi connectivity index (χ2v) is 11.0. The second-order valence-electron chi connectivity index (χ2n) is 11.0. The summed E-state index contributed by atoms with van der Waals surface area (Å²) < 4.78 is 22.1. The molecule has 2 aromatic carbocycles. The van der Waals surface area contributed by atoms with Crippen LogP contribution in [0.1, 0.15) is 51.0 Å². The minimum absolute atomic E-state index is 0.0299. The van der Waals surface area contributed by atoms with Gasteiger partial charge in [0.25, 0.3) is 0 Å². The molecule has 1 aliphatic carbocycles. The highest BCUT2D eigenvalue weighted by atomic mass is 19.1. The maximum atomic E-state index is 14.5. The molecule has 1 aromatic heterocycles. The Kier molecular flexibility index (Phi) is 7.68. The van der Waals surface area contributed by atoms with E-state index in [0.717, 1.165) is 81.0 Å². The molecule has 38 heavy (non-hydrogen) atoms. The van der Waals surface area contributed by atoms with Gasteiger partial charge in [0, 0.05) is 50.1 Å². The third kappa shape index (κ3) is 5.69. The van der Waals surface area contributed by atoms with Crippen LogP contribution in [0.25, 0.3) is 16.9 Å². The normalized spacial score (nSPS) is 21.2. The predicted octanol–water partition coefficient (Wildman–Crippen LogP) is 5.48. The van der Waals surface area contributed by atoms with Gasteiger partial charge in [0.15, 0.2) is 0 Å². The summed E-state index contributed by atoms with van der Waals surface area (Å²) in [6, 6.07) is 17.2. The van der Waals surface area contributed by atoms with Crippen LogP contribution >= 0.6 is 0 Å². The van der Waals surface area contributed by atoms with Crippen LogP contribution in [-0.4, -0.2) is 48.2 Å². The van der Waals surface area contributed by atoms with Crippen molar-refractivity contribution in [3.8, 4) is 23.0 Å². The number of nitriles is 1. The number of methoxy groups -OCH3 is 1. The van der Waals surface area contributed by atoms with Gasteiger partial charge in [0.05, 0.1) is 22.5 Å². The van der Waals surface area contributed by atoms with Crippen molar-refractivity contribution in [2.45, 2.75) is 57.1 Å². The Hall–Kier alpha value is -3.41. The van der Waals surface area contributed by atoms with Crippen LogP contribution in [0.5, 0.6) is 0 Å². The van der Waals surface area contributed by atoms with E-state index in [-0.39, 0.29) is 17.2 Å². The molecule has 0 spiro atoms. The quantitative estimate of drug-likeness (QED) is 0.432. The lowest BCUT2D eigenvalue weighted by molar-refractivity contribution is -0.0132. The summed E-state index contributed by atoms with van der Waals surface area (Å²) in [5, 5.41) is 17.5. The van der Waals surface area contributed by atoms with E-state index in [2.05, 4.69) is 41.4 Å². The fourth-order valence-electron chi connectivity index (χ4n) is 5.65. The molecule has 7 nitrogen and oxygen atoms in total. The Morgan fingerprint density at radius 1 is 1.13 bits per heavy atom. The maximum Gasteiger partial charge on any atom is 0.149 e. The summed E-state index contributed by atoms with van der Waals surface area (Å²) >= 11 is 0. The summed E-state index contributed by atoms with van der Waals surface area (Å²) in [5.74, 6) is 0.721. The van der Waals surface area contributed by atoms with Gasteiger partial charge in [-0.15, -0.1) is 5.10 Å². The van der Waals surface area contributed by atoms with Crippen LogP contribution in [0.3, 0.4) is 0 Å². The number of hydrogen-bond donors (Lipinski definition) is 2. The Morgan fingerprint density at radius 3 is 2.53 bits per heavy atom. The highest BCUT2D eigenvalue weighted by molar-refractivity contribution is 5.67. The molecule has 5 rings (SSSR count). The van der Waals surface area contributed by atoms with Crippen LogP contribution in [0.15, 0.2) is 48.5 Å². The van der Waals surface area contributed by atoms with Gasteiger partial charge in [-0.05, 0) is 81.3 Å². The lowest BCUT2D eigenvalue weighted by atomic mass is 9.86. The average Bonchev–Trinajstić information content (AvgIpc) is 3.37. The Balaban J connectivity index is 1.40. The van der Waals surface area contributed by atoms with Gasteiger partial charge >= 0.3 is 0 Å². The summed E-state index contributed by atoms with van der Waals surface area (Å²) in [5.41, 5.74) is 9.64. The first-order valence-electron chi connectivity index (χ1n) is 13.6. The standard InChI is InChI=1S/C30H37FN6O/c1-30(38-2)12-14-36(15-13-30)25-8-10-26(11-9-25)37-28(22-6-7-23(19-32)27(31)17-22)18-29(35-37)34-20-21-4-3-5-24(33)16-21/h6-11,17-18,21,24H,3-5,12-16,20,33H2,1-2H3,(H,34,35)/t21-,24-/m0/s1. The predicted molar refractivity (Wildman–Crippen MR) is 149 cm³/mol. The number of ether oxygens (including phenoxy) is 1. The van der Waals surface area contributed by atoms with Gasteiger partial charge in [-0.3, -0.25) is 0 Å². The number of benzene rings is 2. The summed E-state index contributed by atoms with van der Waals surface area (Å²) in [7, 11) is 1.79. The van der Waals surface area contributed by atoms with Crippen LogP contribution in [0.4, 0.5) is 15.9 Å². The monoisotopic (exact) mass is 516 g/mol. The van der Waals surface area contributed by atoms with E-state index in [9.17, 15) is 4.39 Å². The van der Waals surface area contributed by atoms with Gasteiger partial charge in [-0.1, -0.05) is 12.5 Å². The summed E-state index contributed by atoms with van der Waals surface area (Å²) in [6.07, 6.45) is 6.41. The second kappa shape index (κ2) is 11.1. The Bertz CT molecular complexity index is 1290. The van der Waals surface area contributed by atoms with Crippen LogP contribution in [-0.2, 0) is 4.74 Å². The zero-order chi connectivity index (χ0) is 26.7. The summed E-state index contributed by atoms with van der Waals surface area (Å²) in [4.78, 5) is 2.38. The number of nitrogens with one attached hydrogen (secondary N) is 1. The fraction of sp³-hybridized carbons (Fsp3) is 0.467. The molecule has 1 saturated carbocycles. The van der Waals surface area contributed by atoms with Crippen molar-refractivity contribution in [3.63, 3.8) is 0 Å². The number of halogens is 1. The minimum Gasteiger partial charge on any atom is -0.378 e. The molecule has 2 heterocycles. The lowest BCUT2D eigenvalue weighted by Gasteiger charge is -2.39. The number of piperidine rings is 1. The average molecular weight is 517 g/mol. The van der Waals surface area contributed by atoms with E-state index >= 15 is 0 Å². The molecule has 3 aromatic rings. The third-order valence-corrected chi connectivity index (χ3v) is 8.26. The smallest absolute Gasteiger partial charge is 0.149 e. The summed E-state index contributed by atoms with van der Waals surface area (Å²) in [6.45, 7) is 4.87. The first-order valence-corrected chi connectivity index (χ1v) is 13.6. The number of hydrogen-bond acceptors (Lipinski definition) is 6. The zero-order valence-corrected chi connectivity index (χ0v) is 22.3. The largest absolute Gasteiger partial charge is 0.378 e. The molecule has 2 aliphatic rings. The van der Waals surface area contributed by atoms with Crippen LogP contribution in [0.2, 0.25) is 0 Å².